The first kappa shape index (κ1) is 27.0. The van der Waals surface area contributed by atoms with Crippen molar-refractivity contribution in [3.63, 3.8) is 0 Å². The van der Waals surface area contributed by atoms with E-state index in [0.29, 0.717) is 21.7 Å². The minimum Gasteiger partial charge on any atom is -0.307 e. The number of nitrogens with one attached hydrogen (secondary N) is 1. The van der Waals surface area contributed by atoms with E-state index in [1.165, 1.54) is 24.3 Å². The van der Waals surface area contributed by atoms with Gasteiger partial charge in [0.15, 0.2) is 5.65 Å². The predicted octanol–water partition coefficient (Wildman–Crippen LogP) is 7.59. The molecule has 1 unspecified atom stereocenters. The van der Waals surface area contributed by atoms with Crippen molar-refractivity contribution in [1.82, 2.24) is 14.5 Å². The maximum absolute atomic E-state index is 14.4. The highest BCUT2D eigenvalue weighted by Gasteiger charge is 2.34. The zero-order chi connectivity index (χ0) is 28.7. The van der Waals surface area contributed by atoms with Gasteiger partial charge in [0.05, 0.1) is 32.6 Å². The molecule has 41 heavy (non-hydrogen) atoms. The van der Waals surface area contributed by atoms with Crippen molar-refractivity contribution in [1.29, 1.82) is 0 Å². The fourth-order valence-electron chi connectivity index (χ4n) is 4.82. The van der Waals surface area contributed by atoms with E-state index in [2.05, 4.69) is 5.32 Å². The first-order valence-corrected chi connectivity index (χ1v) is 14.9. The van der Waals surface area contributed by atoms with Gasteiger partial charge in [-0.15, -0.1) is 0 Å². The fourth-order valence-corrected chi connectivity index (χ4v) is 6.69. The first-order chi connectivity index (χ1) is 19.8. The van der Waals surface area contributed by atoms with E-state index < -0.39 is 21.8 Å². The average molecular weight is 602 g/mol. The lowest BCUT2D eigenvalue weighted by Gasteiger charge is -2.20. The van der Waals surface area contributed by atoms with Crippen LogP contribution in [0.1, 0.15) is 28.9 Å². The monoisotopic (exact) mass is 600 g/mol. The Balaban J connectivity index is 1.71. The highest BCUT2D eigenvalue weighted by molar-refractivity contribution is 7.92. The molecule has 0 saturated heterocycles. The summed E-state index contributed by atoms with van der Waals surface area (Å²) in [6.07, 6.45) is 0. The number of benzene rings is 4. The van der Waals surface area contributed by atoms with E-state index in [4.69, 9.17) is 33.2 Å². The van der Waals surface area contributed by atoms with Crippen LogP contribution in [0.2, 0.25) is 10.0 Å². The molecule has 0 radical (unpaired) electrons. The second-order valence-electron chi connectivity index (χ2n) is 9.41. The Bertz CT molecular complexity index is 2040. The van der Waals surface area contributed by atoms with Crippen molar-refractivity contribution in [3.05, 3.63) is 124 Å². The zero-order valence-corrected chi connectivity index (χ0v) is 24.0. The minimum atomic E-state index is -4.24. The molecule has 1 atom stereocenters. The van der Waals surface area contributed by atoms with Gasteiger partial charge >= 0.3 is 0 Å². The van der Waals surface area contributed by atoms with E-state index in [-0.39, 0.29) is 31.7 Å². The highest BCUT2D eigenvalue weighted by atomic mass is 35.5. The normalized spacial score (nSPS) is 12.5. The lowest BCUT2D eigenvalue weighted by atomic mass is 10.1. The summed E-state index contributed by atoms with van der Waals surface area (Å²) in [7, 11) is -4.24. The maximum Gasteiger partial charge on any atom is 0.258 e. The van der Waals surface area contributed by atoms with Crippen molar-refractivity contribution in [2.75, 3.05) is 5.32 Å². The van der Waals surface area contributed by atoms with Gasteiger partial charge in [-0.1, -0.05) is 77.8 Å². The molecule has 0 fully saturated rings. The molecule has 0 aliphatic rings. The molecule has 2 aromatic heterocycles. The lowest BCUT2D eigenvalue weighted by Crippen LogP contribution is -2.20. The van der Waals surface area contributed by atoms with Crippen LogP contribution in [0.5, 0.6) is 0 Å². The first-order valence-electron chi connectivity index (χ1n) is 12.7. The van der Waals surface area contributed by atoms with E-state index >= 15 is 0 Å². The van der Waals surface area contributed by atoms with Crippen LogP contribution in [0.3, 0.4) is 0 Å². The Morgan fingerprint density at radius 2 is 1.41 bits per heavy atom. The molecule has 0 saturated carbocycles. The largest absolute Gasteiger partial charge is 0.307 e. The van der Waals surface area contributed by atoms with Crippen molar-refractivity contribution in [2.45, 2.75) is 22.8 Å². The molecule has 7 nitrogen and oxygen atoms in total. The molecule has 0 bridgehead atoms. The molecule has 6 rings (SSSR count). The standard InChI is InChI=1S/C31H22Cl2N4O3S/c1-19(20-9-3-2-4-10-20)37-29-27(34-25-13-7-8-14-26(25)35-29)28(41(39,40)22-17-15-21(32)16-18-22)30(37)36-31(38)23-11-5-6-12-24(23)33/h2-19H,1H3,(H,36,38). The SMILES string of the molecule is CC(c1ccccc1)n1c(NC(=O)c2ccccc2Cl)c(S(=O)(=O)c2ccc(Cl)cc2)c2nc3ccccc3nc21. The Kier molecular flexibility index (Phi) is 6.99. The zero-order valence-electron chi connectivity index (χ0n) is 21.6. The Morgan fingerprint density at radius 1 is 0.805 bits per heavy atom. The van der Waals surface area contributed by atoms with E-state index in [1.54, 1.807) is 41.0 Å². The summed E-state index contributed by atoms with van der Waals surface area (Å²) in [6.45, 7) is 1.91. The number of halogens is 2. The third-order valence-electron chi connectivity index (χ3n) is 6.86. The number of sulfone groups is 1. The number of para-hydroxylation sites is 2. The summed E-state index contributed by atoms with van der Waals surface area (Å²) in [5.41, 5.74) is 2.61. The van der Waals surface area contributed by atoms with Gasteiger partial charge in [0.2, 0.25) is 9.84 Å². The van der Waals surface area contributed by atoms with E-state index in [0.717, 1.165) is 5.56 Å². The molecule has 10 heteroatoms. The summed E-state index contributed by atoms with van der Waals surface area (Å²) in [6, 6.07) is 28.7. The number of amides is 1. The Morgan fingerprint density at radius 3 is 2.10 bits per heavy atom. The van der Waals surface area contributed by atoms with Crippen LogP contribution >= 0.6 is 23.2 Å². The van der Waals surface area contributed by atoms with E-state index in [9.17, 15) is 13.2 Å². The summed E-state index contributed by atoms with van der Waals surface area (Å²) in [5, 5.41) is 3.49. The number of carbonyl (C=O) groups is 1. The predicted molar refractivity (Wildman–Crippen MR) is 162 cm³/mol. The molecule has 4 aromatic carbocycles. The van der Waals surface area contributed by atoms with Crippen LogP contribution in [0, 0.1) is 0 Å². The van der Waals surface area contributed by atoms with Crippen LogP contribution in [0.15, 0.2) is 113 Å². The van der Waals surface area contributed by atoms with Crippen molar-refractivity contribution in [3.8, 4) is 0 Å². The summed E-state index contributed by atoms with van der Waals surface area (Å²) < 4.78 is 30.5. The van der Waals surface area contributed by atoms with Gasteiger partial charge in [0, 0.05) is 5.02 Å². The summed E-state index contributed by atoms with van der Waals surface area (Å²) >= 11 is 12.4. The quantitative estimate of drug-likeness (QED) is 0.212. The molecule has 6 aromatic rings. The molecule has 204 valence electrons. The maximum atomic E-state index is 14.4. The number of rotatable bonds is 6. The van der Waals surface area contributed by atoms with Gasteiger partial charge in [-0.05, 0) is 61.0 Å². The number of nitrogens with zero attached hydrogens (tertiary/aromatic N) is 3. The van der Waals surface area contributed by atoms with Gasteiger partial charge in [-0.3, -0.25) is 4.79 Å². The number of hydrogen-bond donors (Lipinski definition) is 1. The van der Waals surface area contributed by atoms with Crippen LogP contribution in [-0.2, 0) is 9.84 Å². The molecule has 1 amide bonds. The second-order valence-corrected chi connectivity index (χ2v) is 12.1. The van der Waals surface area contributed by atoms with Crippen LogP contribution in [-0.4, -0.2) is 28.9 Å². The van der Waals surface area contributed by atoms with Crippen molar-refractivity contribution >= 4 is 67.0 Å². The van der Waals surface area contributed by atoms with Crippen LogP contribution < -0.4 is 5.32 Å². The van der Waals surface area contributed by atoms with Crippen molar-refractivity contribution < 1.29 is 13.2 Å². The molecule has 0 aliphatic heterocycles. The highest BCUT2D eigenvalue weighted by Crippen LogP contribution is 2.40. The molecule has 1 N–H and O–H groups in total. The van der Waals surface area contributed by atoms with Crippen LogP contribution in [0.4, 0.5) is 5.82 Å². The minimum absolute atomic E-state index is 0.00323. The Hall–Kier alpha value is -4.24. The number of aromatic nitrogens is 3. The molecule has 0 spiro atoms. The molecule has 0 aliphatic carbocycles. The van der Waals surface area contributed by atoms with Gasteiger partial charge in [-0.2, -0.15) is 0 Å². The lowest BCUT2D eigenvalue weighted by molar-refractivity contribution is 0.102. The smallest absolute Gasteiger partial charge is 0.258 e. The molecule has 2 heterocycles. The number of anilines is 1. The fraction of sp³-hybridized carbons (Fsp3) is 0.0645. The average Bonchev–Trinajstić information content (AvgIpc) is 3.29. The number of fused-ring (bicyclic) bond motifs is 2. The third kappa shape index (κ3) is 4.84. The second kappa shape index (κ2) is 10.6. The van der Waals surface area contributed by atoms with Crippen molar-refractivity contribution in [2.24, 2.45) is 0 Å². The van der Waals surface area contributed by atoms with Gasteiger partial charge in [0.1, 0.15) is 16.2 Å². The molecular weight excluding hydrogens is 579 g/mol. The van der Waals surface area contributed by atoms with Gasteiger partial charge in [-0.25, -0.2) is 18.4 Å². The Labute approximate surface area is 246 Å². The van der Waals surface area contributed by atoms with Crippen LogP contribution in [0.25, 0.3) is 22.2 Å². The third-order valence-corrected chi connectivity index (χ3v) is 9.26. The number of hydrogen-bond acceptors (Lipinski definition) is 5. The topological polar surface area (TPSA) is 94.0 Å². The number of carbonyl (C=O) groups excluding carboxylic acids is 1. The summed E-state index contributed by atoms with van der Waals surface area (Å²) in [5.74, 6) is -0.538. The molecular formula is C31H22Cl2N4O3S. The van der Waals surface area contributed by atoms with Gasteiger partial charge < -0.3 is 9.88 Å². The summed E-state index contributed by atoms with van der Waals surface area (Å²) in [4.78, 5) is 23.1. The van der Waals surface area contributed by atoms with E-state index in [1.807, 2.05) is 49.4 Å². The van der Waals surface area contributed by atoms with Gasteiger partial charge in [0.25, 0.3) is 5.91 Å².